The lowest BCUT2D eigenvalue weighted by atomic mass is 9.84. The number of benzene rings is 11. The summed E-state index contributed by atoms with van der Waals surface area (Å²) in [7, 11) is 0. The summed E-state index contributed by atoms with van der Waals surface area (Å²) >= 11 is 0. The van der Waals surface area contributed by atoms with Crippen LogP contribution in [0.5, 0.6) is 0 Å². The van der Waals surface area contributed by atoms with Crippen LogP contribution in [-0.2, 0) is 6.42 Å². The van der Waals surface area contributed by atoms with Gasteiger partial charge in [-0.05, 0) is 139 Å². The van der Waals surface area contributed by atoms with Crippen molar-refractivity contribution in [2.45, 2.75) is 31.1 Å². The molecular formula is C66H46N4O. The van der Waals surface area contributed by atoms with E-state index in [4.69, 9.17) is 9.41 Å². The Morgan fingerprint density at radius 2 is 1.13 bits per heavy atom. The van der Waals surface area contributed by atoms with Gasteiger partial charge < -0.3 is 14.3 Å². The number of aryl methyl sites for hydroxylation is 1. The number of rotatable bonds is 5. The van der Waals surface area contributed by atoms with Crippen molar-refractivity contribution in [1.82, 2.24) is 15.2 Å². The van der Waals surface area contributed by atoms with Crippen LogP contribution < -0.4 is 10.6 Å². The third-order valence-electron chi connectivity index (χ3n) is 15.4. The first kappa shape index (κ1) is 40.1. The average molecular weight is 911 g/mol. The number of furan rings is 1. The number of hydrogen-bond donors (Lipinski definition) is 2. The first-order chi connectivity index (χ1) is 35.2. The molecule has 3 unspecified atom stereocenters. The minimum absolute atomic E-state index is 0.101. The van der Waals surface area contributed by atoms with Gasteiger partial charge in [0.15, 0.2) is 0 Å². The molecule has 11 aromatic carbocycles. The van der Waals surface area contributed by atoms with Gasteiger partial charge in [-0.25, -0.2) is 4.99 Å². The molecule has 0 bridgehead atoms. The highest BCUT2D eigenvalue weighted by atomic mass is 16.3. The van der Waals surface area contributed by atoms with Crippen LogP contribution in [0.3, 0.4) is 0 Å². The normalized spacial score (nSPS) is 16.9. The zero-order valence-corrected chi connectivity index (χ0v) is 38.8. The van der Waals surface area contributed by atoms with Crippen molar-refractivity contribution in [3.05, 3.63) is 258 Å². The Labute approximate surface area is 410 Å². The van der Waals surface area contributed by atoms with Crippen molar-refractivity contribution in [2.24, 2.45) is 4.99 Å². The average Bonchev–Trinajstić information content (AvgIpc) is 3.91. The van der Waals surface area contributed by atoms with Gasteiger partial charge >= 0.3 is 0 Å². The molecule has 2 aliphatic rings. The Balaban J connectivity index is 0.978. The van der Waals surface area contributed by atoms with Crippen LogP contribution in [-0.4, -0.2) is 10.4 Å². The maximum Gasteiger partial charge on any atom is 0.136 e. The summed E-state index contributed by atoms with van der Waals surface area (Å²) in [6.45, 7) is 0. The van der Waals surface area contributed by atoms with Crippen molar-refractivity contribution in [1.29, 1.82) is 0 Å². The molecule has 2 aromatic heterocycles. The maximum absolute atomic E-state index is 7.08. The summed E-state index contributed by atoms with van der Waals surface area (Å²) in [6.07, 6.45) is 1.21. The minimum Gasteiger partial charge on any atom is -0.456 e. The number of nitrogens with one attached hydrogen (secondary N) is 2. The number of hydrogen-bond acceptors (Lipinski definition) is 4. The molecule has 336 valence electrons. The number of para-hydroxylation sites is 2. The van der Waals surface area contributed by atoms with Crippen LogP contribution >= 0.6 is 0 Å². The number of amidine groups is 1. The molecule has 3 atom stereocenters. The highest BCUT2D eigenvalue weighted by Crippen LogP contribution is 2.46. The molecule has 5 heteroatoms. The van der Waals surface area contributed by atoms with Crippen LogP contribution in [0.15, 0.2) is 234 Å². The smallest absolute Gasteiger partial charge is 0.136 e. The second-order valence-electron chi connectivity index (χ2n) is 19.4. The zero-order chi connectivity index (χ0) is 46.6. The summed E-state index contributed by atoms with van der Waals surface area (Å²) in [6, 6.07) is 82.1. The molecule has 0 amide bonds. The van der Waals surface area contributed by atoms with E-state index < -0.39 is 6.17 Å². The Morgan fingerprint density at radius 1 is 0.451 bits per heavy atom. The van der Waals surface area contributed by atoms with Crippen LogP contribution in [0.1, 0.15) is 58.1 Å². The Bertz CT molecular complexity index is 4330. The highest BCUT2D eigenvalue weighted by Gasteiger charge is 2.32. The first-order valence-corrected chi connectivity index (χ1v) is 24.8. The Kier molecular flexibility index (Phi) is 8.99. The lowest BCUT2D eigenvalue weighted by Gasteiger charge is -2.33. The SMILES string of the molecule is c1ccc(-n2c3ccccc3c3c(C4N=C(c5cc(C6CCc7cc8ccccc8cc7-c7ccccc76)cc6oc7cc8ccccc8cc7c56)NC(c5ccc6ccccc6c5)N4)cccc32)cc1. The largest absolute Gasteiger partial charge is 0.456 e. The van der Waals surface area contributed by atoms with E-state index in [1.807, 2.05) is 0 Å². The van der Waals surface area contributed by atoms with Gasteiger partial charge in [0.25, 0.3) is 0 Å². The molecule has 13 aromatic rings. The highest BCUT2D eigenvalue weighted by molar-refractivity contribution is 6.20. The minimum atomic E-state index is -0.415. The van der Waals surface area contributed by atoms with E-state index in [2.05, 4.69) is 240 Å². The van der Waals surface area contributed by atoms with Crippen molar-refractivity contribution in [3.63, 3.8) is 0 Å². The molecule has 2 N–H and O–H groups in total. The van der Waals surface area contributed by atoms with E-state index in [0.29, 0.717) is 0 Å². The standard InChI is InChI=1S/C66H46N4O/c1-2-21-49(22-3-1)70-58-27-13-12-25-53(58)62-54(26-14-28-59(62)70)65-67-64(47-30-29-40-15-4-5-16-41(40)34-47)68-66(69-65)57-37-48(39-61-63(57)56-36-44-19-8-9-20-45(44)38-60(56)71-61)50-32-31-46-33-42-17-6-7-18-43(42)35-55(46)52-24-11-10-23-51(50)52/h1-30,33-39,50,64-65,67H,31-32H2,(H,68,69). The molecule has 71 heavy (non-hydrogen) atoms. The fourth-order valence-corrected chi connectivity index (χ4v) is 12.1. The number of aliphatic imine (C=N–C) groups is 1. The molecule has 3 heterocycles. The molecule has 0 fully saturated rings. The molecule has 0 saturated heterocycles. The zero-order valence-electron chi connectivity index (χ0n) is 38.8. The van der Waals surface area contributed by atoms with Gasteiger partial charge in [0.1, 0.15) is 29.3 Å². The van der Waals surface area contributed by atoms with Gasteiger partial charge in [0.2, 0.25) is 0 Å². The number of fused-ring (bicyclic) bond motifs is 12. The lowest BCUT2D eigenvalue weighted by Crippen LogP contribution is -2.45. The van der Waals surface area contributed by atoms with E-state index in [-0.39, 0.29) is 12.1 Å². The summed E-state index contributed by atoms with van der Waals surface area (Å²) in [5.41, 5.74) is 15.0. The summed E-state index contributed by atoms with van der Waals surface area (Å²) in [5.74, 6) is 0.930. The molecule has 15 rings (SSSR count). The second kappa shape index (κ2) is 15.9. The molecule has 0 saturated carbocycles. The molecule has 1 aliphatic carbocycles. The number of aromatic nitrogens is 1. The van der Waals surface area contributed by atoms with Crippen LogP contribution in [0.25, 0.3) is 92.9 Å². The van der Waals surface area contributed by atoms with Gasteiger partial charge in [-0.3, -0.25) is 5.32 Å². The monoisotopic (exact) mass is 910 g/mol. The molecule has 0 spiro atoms. The first-order valence-electron chi connectivity index (χ1n) is 24.8. The summed E-state index contributed by atoms with van der Waals surface area (Å²) in [5, 5.41) is 19.9. The number of nitrogens with zero attached hydrogens (tertiary/aromatic N) is 2. The third kappa shape index (κ3) is 6.47. The van der Waals surface area contributed by atoms with Gasteiger partial charge in [-0.2, -0.15) is 0 Å². The molecular weight excluding hydrogens is 865 g/mol. The van der Waals surface area contributed by atoms with E-state index in [1.54, 1.807) is 0 Å². The van der Waals surface area contributed by atoms with Crippen molar-refractivity contribution in [2.75, 3.05) is 0 Å². The Morgan fingerprint density at radius 3 is 1.97 bits per heavy atom. The predicted octanol–water partition coefficient (Wildman–Crippen LogP) is 16.2. The maximum atomic E-state index is 7.08. The molecule has 5 nitrogen and oxygen atoms in total. The van der Waals surface area contributed by atoms with Crippen LogP contribution in [0.4, 0.5) is 0 Å². The second-order valence-corrected chi connectivity index (χ2v) is 19.4. The topological polar surface area (TPSA) is 54.5 Å². The Hall–Kier alpha value is -8.77. The van der Waals surface area contributed by atoms with Gasteiger partial charge in [0, 0.05) is 44.3 Å². The predicted molar refractivity (Wildman–Crippen MR) is 294 cm³/mol. The van der Waals surface area contributed by atoms with Gasteiger partial charge in [-0.15, -0.1) is 0 Å². The van der Waals surface area contributed by atoms with Gasteiger partial charge in [-0.1, -0.05) is 164 Å². The fourth-order valence-electron chi connectivity index (χ4n) is 12.1. The lowest BCUT2D eigenvalue weighted by molar-refractivity contribution is 0.411. The van der Waals surface area contributed by atoms with E-state index in [9.17, 15) is 0 Å². The van der Waals surface area contributed by atoms with Crippen molar-refractivity contribution >= 4 is 81.9 Å². The summed E-state index contributed by atoms with van der Waals surface area (Å²) in [4.78, 5) is 5.85. The van der Waals surface area contributed by atoms with E-state index in [1.165, 1.54) is 65.5 Å². The quantitative estimate of drug-likeness (QED) is 0.181. The van der Waals surface area contributed by atoms with Gasteiger partial charge in [0.05, 0.1) is 11.0 Å². The molecule has 0 radical (unpaired) electrons. The van der Waals surface area contributed by atoms with E-state index >= 15 is 0 Å². The third-order valence-corrected chi connectivity index (χ3v) is 15.4. The molecule has 1 aliphatic heterocycles. The van der Waals surface area contributed by atoms with Crippen molar-refractivity contribution < 1.29 is 4.42 Å². The summed E-state index contributed by atoms with van der Waals surface area (Å²) < 4.78 is 9.47. The van der Waals surface area contributed by atoms with E-state index in [0.717, 1.165) is 79.4 Å². The fraction of sp³-hybridized carbons (Fsp3) is 0.0758. The van der Waals surface area contributed by atoms with Crippen molar-refractivity contribution in [3.8, 4) is 16.8 Å². The van der Waals surface area contributed by atoms with Crippen LogP contribution in [0.2, 0.25) is 0 Å². The van der Waals surface area contributed by atoms with Crippen LogP contribution in [0, 0.1) is 0 Å².